The molecule has 1 aliphatic heterocycles. The number of primary amides is 1. The average molecular weight is 238 g/mol. The summed E-state index contributed by atoms with van der Waals surface area (Å²) in [6.45, 7) is 1.45. The van der Waals surface area contributed by atoms with Crippen molar-refractivity contribution in [3.8, 4) is 0 Å². The zero-order chi connectivity index (χ0) is 12.3. The van der Waals surface area contributed by atoms with Gasteiger partial charge in [0.15, 0.2) is 0 Å². The number of benzene rings is 1. The van der Waals surface area contributed by atoms with Crippen LogP contribution >= 0.6 is 0 Å². The first-order valence-corrected chi connectivity index (χ1v) is 5.60. The lowest BCUT2D eigenvalue weighted by molar-refractivity contribution is 0.0904. The summed E-state index contributed by atoms with van der Waals surface area (Å²) in [6, 6.07) is 4.61. The van der Waals surface area contributed by atoms with Crippen molar-refractivity contribution >= 4 is 11.6 Å². The molecule has 3 N–H and O–H groups in total. The van der Waals surface area contributed by atoms with E-state index in [0.717, 1.165) is 26.1 Å². The van der Waals surface area contributed by atoms with E-state index in [2.05, 4.69) is 5.32 Å². The summed E-state index contributed by atoms with van der Waals surface area (Å²) in [6.07, 6.45) is 1.81. The first-order valence-electron chi connectivity index (χ1n) is 5.60. The van der Waals surface area contributed by atoms with E-state index in [4.69, 9.17) is 10.5 Å². The maximum Gasteiger partial charge on any atom is 0.251 e. The van der Waals surface area contributed by atoms with Gasteiger partial charge < -0.3 is 15.8 Å². The molecule has 1 amide bonds. The summed E-state index contributed by atoms with van der Waals surface area (Å²) in [5.74, 6) is -1.34. The topological polar surface area (TPSA) is 64.4 Å². The minimum absolute atomic E-state index is 0.0814. The standard InChI is InChI=1S/C12H15FN2O2/c13-11-2-1-9(7-10(11)12(14)16)15-8-3-5-17-6-4-8/h1-2,7-8,15H,3-6H2,(H2,14,16). The highest BCUT2D eigenvalue weighted by Crippen LogP contribution is 2.18. The van der Waals surface area contributed by atoms with Crippen LogP contribution in [-0.2, 0) is 4.74 Å². The molecule has 0 aromatic heterocycles. The Hall–Kier alpha value is -1.62. The summed E-state index contributed by atoms with van der Waals surface area (Å²) in [4.78, 5) is 11.0. The molecule has 0 aliphatic carbocycles. The van der Waals surface area contributed by atoms with E-state index in [1.54, 1.807) is 6.07 Å². The van der Waals surface area contributed by atoms with Crippen molar-refractivity contribution in [2.24, 2.45) is 5.73 Å². The average Bonchev–Trinajstić information content (AvgIpc) is 2.32. The zero-order valence-corrected chi connectivity index (χ0v) is 9.41. The molecule has 5 heteroatoms. The minimum Gasteiger partial charge on any atom is -0.382 e. The fourth-order valence-electron chi connectivity index (χ4n) is 1.88. The molecular weight excluding hydrogens is 223 g/mol. The zero-order valence-electron chi connectivity index (χ0n) is 9.41. The molecule has 1 aliphatic rings. The van der Waals surface area contributed by atoms with Crippen molar-refractivity contribution < 1.29 is 13.9 Å². The monoisotopic (exact) mass is 238 g/mol. The summed E-state index contributed by atoms with van der Waals surface area (Å²) >= 11 is 0. The van der Waals surface area contributed by atoms with E-state index in [9.17, 15) is 9.18 Å². The predicted molar refractivity (Wildman–Crippen MR) is 62.4 cm³/mol. The van der Waals surface area contributed by atoms with E-state index in [1.807, 2.05) is 0 Å². The van der Waals surface area contributed by atoms with E-state index in [0.29, 0.717) is 11.7 Å². The van der Waals surface area contributed by atoms with Gasteiger partial charge in [-0.25, -0.2) is 4.39 Å². The van der Waals surface area contributed by atoms with Gasteiger partial charge >= 0.3 is 0 Å². The number of halogens is 1. The van der Waals surface area contributed by atoms with Crippen LogP contribution in [0.4, 0.5) is 10.1 Å². The van der Waals surface area contributed by atoms with Gasteiger partial charge in [-0.3, -0.25) is 4.79 Å². The second kappa shape index (κ2) is 5.14. The largest absolute Gasteiger partial charge is 0.382 e. The lowest BCUT2D eigenvalue weighted by atomic mass is 10.1. The third-order valence-corrected chi connectivity index (χ3v) is 2.82. The Labute approximate surface area is 98.9 Å². The fourth-order valence-corrected chi connectivity index (χ4v) is 1.88. The van der Waals surface area contributed by atoms with Crippen LogP contribution in [0.3, 0.4) is 0 Å². The van der Waals surface area contributed by atoms with Gasteiger partial charge in [0.1, 0.15) is 5.82 Å². The molecular formula is C12H15FN2O2. The Balaban J connectivity index is 2.10. The van der Waals surface area contributed by atoms with Gasteiger partial charge in [-0.1, -0.05) is 0 Å². The maximum atomic E-state index is 13.3. The van der Waals surface area contributed by atoms with Gasteiger partial charge in [-0.05, 0) is 31.0 Å². The Bertz CT molecular complexity index is 417. The molecule has 0 saturated carbocycles. The van der Waals surface area contributed by atoms with Crippen LogP contribution in [0.15, 0.2) is 18.2 Å². The van der Waals surface area contributed by atoms with Gasteiger partial charge in [0, 0.05) is 24.9 Å². The molecule has 1 aromatic carbocycles. The molecule has 1 saturated heterocycles. The van der Waals surface area contributed by atoms with Gasteiger partial charge in [-0.2, -0.15) is 0 Å². The highest BCUT2D eigenvalue weighted by molar-refractivity contribution is 5.94. The predicted octanol–water partition coefficient (Wildman–Crippen LogP) is 1.52. The molecule has 1 fully saturated rings. The lowest BCUT2D eigenvalue weighted by Crippen LogP contribution is -2.28. The molecule has 92 valence electrons. The van der Waals surface area contributed by atoms with Crippen molar-refractivity contribution in [2.75, 3.05) is 18.5 Å². The van der Waals surface area contributed by atoms with Crippen molar-refractivity contribution in [1.29, 1.82) is 0 Å². The number of carbonyl (C=O) groups is 1. The molecule has 17 heavy (non-hydrogen) atoms. The van der Waals surface area contributed by atoms with Gasteiger partial charge in [-0.15, -0.1) is 0 Å². The van der Waals surface area contributed by atoms with E-state index >= 15 is 0 Å². The molecule has 0 unspecified atom stereocenters. The Morgan fingerprint density at radius 1 is 1.41 bits per heavy atom. The first kappa shape index (κ1) is 11.9. The SMILES string of the molecule is NC(=O)c1cc(NC2CCOCC2)ccc1F. The van der Waals surface area contributed by atoms with Crippen LogP contribution in [0, 0.1) is 5.82 Å². The molecule has 1 heterocycles. The number of nitrogens with two attached hydrogens (primary N) is 1. The lowest BCUT2D eigenvalue weighted by Gasteiger charge is -2.24. The van der Waals surface area contributed by atoms with Crippen LogP contribution in [-0.4, -0.2) is 25.2 Å². The second-order valence-electron chi connectivity index (χ2n) is 4.09. The highest BCUT2D eigenvalue weighted by Gasteiger charge is 2.15. The Morgan fingerprint density at radius 3 is 2.76 bits per heavy atom. The number of rotatable bonds is 3. The van der Waals surface area contributed by atoms with Gasteiger partial charge in [0.2, 0.25) is 0 Å². The van der Waals surface area contributed by atoms with Gasteiger partial charge in [0.05, 0.1) is 5.56 Å². The van der Waals surface area contributed by atoms with Crippen LogP contribution in [0.1, 0.15) is 23.2 Å². The minimum atomic E-state index is -0.752. The summed E-state index contributed by atoms with van der Waals surface area (Å²) in [5, 5.41) is 3.25. The number of amides is 1. The van der Waals surface area contributed by atoms with Crippen LogP contribution in [0.5, 0.6) is 0 Å². The Morgan fingerprint density at radius 2 is 2.12 bits per heavy atom. The van der Waals surface area contributed by atoms with Crippen molar-refractivity contribution in [3.05, 3.63) is 29.6 Å². The van der Waals surface area contributed by atoms with Crippen LogP contribution in [0.25, 0.3) is 0 Å². The number of anilines is 1. The maximum absolute atomic E-state index is 13.3. The third kappa shape index (κ3) is 2.94. The number of hydrogen-bond acceptors (Lipinski definition) is 3. The molecule has 0 atom stereocenters. The molecule has 1 aromatic rings. The summed E-state index contributed by atoms with van der Waals surface area (Å²) in [7, 11) is 0. The van der Waals surface area contributed by atoms with E-state index < -0.39 is 11.7 Å². The van der Waals surface area contributed by atoms with Crippen LogP contribution < -0.4 is 11.1 Å². The molecule has 2 rings (SSSR count). The van der Waals surface area contributed by atoms with Crippen molar-refractivity contribution in [3.63, 3.8) is 0 Å². The molecule has 0 spiro atoms. The van der Waals surface area contributed by atoms with Crippen molar-refractivity contribution in [1.82, 2.24) is 0 Å². The first-order chi connectivity index (χ1) is 8.16. The van der Waals surface area contributed by atoms with Crippen LogP contribution in [0.2, 0.25) is 0 Å². The quantitative estimate of drug-likeness (QED) is 0.839. The molecule has 4 nitrogen and oxygen atoms in total. The number of ether oxygens (including phenoxy) is 1. The van der Waals surface area contributed by atoms with Gasteiger partial charge in [0.25, 0.3) is 5.91 Å². The highest BCUT2D eigenvalue weighted by atomic mass is 19.1. The summed E-state index contributed by atoms with van der Waals surface area (Å²) < 4.78 is 18.5. The number of hydrogen-bond donors (Lipinski definition) is 2. The number of nitrogens with one attached hydrogen (secondary N) is 1. The van der Waals surface area contributed by atoms with E-state index in [-0.39, 0.29) is 5.56 Å². The van der Waals surface area contributed by atoms with Crippen molar-refractivity contribution in [2.45, 2.75) is 18.9 Å². The molecule has 0 radical (unpaired) electrons. The fraction of sp³-hybridized carbons (Fsp3) is 0.417. The smallest absolute Gasteiger partial charge is 0.251 e. The summed E-state index contributed by atoms with van der Waals surface area (Å²) in [5.41, 5.74) is 5.72. The number of carbonyl (C=O) groups excluding carboxylic acids is 1. The third-order valence-electron chi connectivity index (χ3n) is 2.82. The van der Waals surface area contributed by atoms with E-state index in [1.165, 1.54) is 12.1 Å². The second-order valence-corrected chi connectivity index (χ2v) is 4.09. The molecule has 0 bridgehead atoms. The Kier molecular flexibility index (Phi) is 3.58. The normalized spacial score (nSPS) is 16.8.